The second kappa shape index (κ2) is 8.66. The minimum atomic E-state index is -1.53. The van der Waals surface area contributed by atoms with Crippen molar-refractivity contribution in [2.75, 3.05) is 0 Å². The number of hydrogen-bond acceptors (Lipinski definition) is 5. The fraction of sp³-hybridized carbons (Fsp3) is 0.976. The van der Waals surface area contributed by atoms with Crippen LogP contribution in [0, 0.1) is 72.4 Å². The molecule has 8 saturated carbocycles. The summed E-state index contributed by atoms with van der Waals surface area (Å²) in [6.45, 7) is 27.0. The Morgan fingerprint density at radius 3 is 0.729 bits per heavy atom. The van der Waals surface area contributed by atoms with E-state index in [4.69, 9.17) is 0 Å². The van der Waals surface area contributed by atoms with Crippen LogP contribution in [-0.4, -0.2) is 59.1 Å². The molecule has 0 heterocycles. The van der Waals surface area contributed by atoms with E-state index in [-0.39, 0.29) is 51.3 Å². The molecule has 272 valence electrons. The molecule has 0 aromatic carbocycles. The molecule has 0 aliphatic heterocycles. The molecule has 8 bridgehead atoms. The Balaban J connectivity index is 1.39. The van der Waals surface area contributed by atoms with Gasteiger partial charge < -0.3 is 20.4 Å². The highest BCUT2D eigenvalue weighted by atomic mass is 16.4. The molecule has 8 aliphatic carbocycles. The highest BCUT2D eigenvalue weighted by Gasteiger charge is 2.83. The van der Waals surface area contributed by atoms with Crippen LogP contribution >= 0.6 is 0 Å². The van der Waals surface area contributed by atoms with Crippen LogP contribution in [-0.2, 0) is 0 Å². The molecule has 8 rings (SSSR count). The van der Waals surface area contributed by atoms with Crippen LogP contribution < -0.4 is 0 Å². The van der Waals surface area contributed by atoms with Crippen LogP contribution in [0.1, 0.15) is 160 Å². The lowest BCUT2D eigenvalue weighted by atomic mass is 9.62. The number of aliphatic hydroxyl groups is 4. The molecule has 12 unspecified atom stereocenters. The molecule has 5 N–H and O–H groups in total. The van der Waals surface area contributed by atoms with Gasteiger partial charge in [-0.25, -0.2) is 0 Å². The number of fused-ring (bicyclic) bond motifs is 8. The van der Waals surface area contributed by atoms with E-state index >= 15 is 0 Å². The summed E-state index contributed by atoms with van der Waals surface area (Å²) in [7, 11) is 0. The summed E-state index contributed by atoms with van der Waals surface area (Å²) in [4.78, 5) is 3.59. The predicted molar refractivity (Wildman–Crippen MR) is 188 cm³/mol. The molecule has 0 saturated heterocycles. The summed E-state index contributed by atoms with van der Waals surface area (Å²) in [6.07, 6.45) is 9.27. The summed E-state index contributed by atoms with van der Waals surface area (Å²) in [5.41, 5.74) is -9.30. The van der Waals surface area contributed by atoms with Crippen molar-refractivity contribution in [3.05, 3.63) is 0 Å². The van der Waals surface area contributed by atoms with E-state index in [1.165, 1.54) is 0 Å². The fourth-order valence-electron chi connectivity index (χ4n) is 15.7. The Morgan fingerprint density at radius 2 is 0.604 bits per heavy atom. The maximum Gasteiger partial charge on any atom is 0.203 e. The van der Waals surface area contributed by atoms with Gasteiger partial charge in [-0.3, -0.25) is 15.2 Å². The van der Waals surface area contributed by atoms with Crippen molar-refractivity contribution in [2.45, 2.75) is 183 Å². The van der Waals surface area contributed by atoms with E-state index in [1.807, 2.05) is 0 Å². The lowest BCUT2D eigenvalue weighted by Gasteiger charge is -2.66. The first kappa shape index (κ1) is 34.2. The van der Waals surface area contributed by atoms with Gasteiger partial charge in [0.05, 0.1) is 0 Å². The van der Waals surface area contributed by atoms with Crippen molar-refractivity contribution in [3.8, 4) is 0 Å². The summed E-state index contributed by atoms with van der Waals surface area (Å²) in [6, 6.07) is 0. The topological polar surface area (TPSA) is 111 Å². The summed E-state index contributed by atoms with van der Waals surface area (Å²) >= 11 is 0. The van der Waals surface area contributed by atoms with Crippen molar-refractivity contribution in [1.29, 1.82) is 5.41 Å². The molecule has 48 heavy (non-hydrogen) atoms. The van der Waals surface area contributed by atoms with E-state index in [1.54, 1.807) is 9.80 Å². The largest absolute Gasteiger partial charge is 0.370 e. The van der Waals surface area contributed by atoms with Crippen molar-refractivity contribution in [1.82, 2.24) is 9.80 Å². The van der Waals surface area contributed by atoms with Gasteiger partial charge in [0.15, 0.2) is 0 Å². The third-order valence-corrected chi connectivity index (χ3v) is 21.3. The Labute approximate surface area is 291 Å². The molecular weight excluding hydrogens is 598 g/mol. The number of rotatable bonds is 4. The van der Waals surface area contributed by atoms with E-state index in [0.29, 0.717) is 25.7 Å². The van der Waals surface area contributed by atoms with Crippen molar-refractivity contribution in [3.63, 3.8) is 0 Å². The smallest absolute Gasteiger partial charge is 0.203 e. The Hall–Kier alpha value is -0.890. The Kier molecular flexibility index (Phi) is 6.17. The molecular formula is C41H69N3O4. The quantitative estimate of drug-likeness (QED) is 0.120. The van der Waals surface area contributed by atoms with Gasteiger partial charge in [0, 0.05) is 21.7 Å². The van der Waals surface area contributed by atoms with Gasteiger partial charge in [-0.05, 0) is 122 Å². The minimum Gasteiger partial charge on any atom is -0.370 e. The predicted octanol–water partition coefficient (Wildman–Crippen LogP) is 7.66. The average molecular weight is 668 g/mol. The zero-order chi connectivity index (χ0) is 35.5. The van der Waals surface area contributed by atoms with Crippen molar-refractivity contribution >= 4 is 5.96 Å². The normalized spacial score (nSPS) is 57.2. The fourth-order valence-corrected chi connectivity index (χ4v) is 15.7. The first-order chi connectivity index (χ1) is 21.6. The standard InChI is InChI=1S/C41H69N3O4/c1-30(2)25-13-17-34(30,9)38(45,21-25)43(39(46)22-26-14-18-35(39,10)31(26,3)4)29(42)44(40(47)23-27-15-19-36(40,11)32(27,5)6)41(48)24-28-16-20-37(41,12)33(28,7)8/h25-28,42,45-48H,13-24H2,1-12H3. The first-order valence-electron chi connectivity index (χ1n) is 19.7. The number of nitrogens with one attached hydrogen (secondary N) is 1. The van der Waals surface area contributed by atoms with Gasteiger partial charge in [-0.1, -0.05) is 83.1 Å². The first-order valence-corrected chi connectivity index (χ1v) is 19.7. The van der Waals surface area contributed by atoms with E-state index in [0.717, 1.165) is 51.4 Å². The monoisotopic (exact) mass is 668 g/mol. The van der Waals surface area contributed by atoms with E-state index in [2.05, 4.69) is 83.1 Å². The van der Waals surface area contributed by atoms with Crippen LogP contribution in [0.4, 0.5) is 0 Å². The molecule has 0 amide bonds. The maximum absolute atomic E-state index is 13.7. The number of hydrogen-bond donors (Lipinski definition) is 5. The third kappa shape index (κ3) is 3.00. The molecule has 7 heteroatoms. The summed E-state index contributed by atoms with van der Waals surface area (Å²) in [5.74, 6) is 0.964. The molecule has 8 fully saturated rings. The number of guanidine groups is 1. The van der Waals surface area contributed by atoms with Gasteiger partial charge >= 0.3 is 0 Å². The van der Waals surface area contributed by atoms with Gasteiger partial charge in [0.1, 0.15) is 22.9 Å². The molecule has 0 radical (unpaired) electrons. The third-order valence-electron chi connectivity index (χ3n) is 21.3. The second-order valence-corrected chi connectivity index (χ2v) is 22.2. The lowest BCUT2D eigenvalue weighted by molar-refractivity contribution is -0.313. The zero-order valence-electron chi connectivity index (χ0n) is 32.5. The number of nitrogens with zero attached hydrogens (tertiary/aromatic N) is 2. The van der Waals surface area contributed by atoms with Gasteiger partial charge in [-0.2, -0.15) is 0 Å². The van der Waals surface area contributed by atoms with Gasteiger partial charge in [0.2, 0.25) is 5.96 Å². The summed E-state index contributed by atoms with van der Waals surface area (Å²) in [5, 5.41) is 65.5. The summed E-state index contributed by atoms with van der Waals surface area (Å²) < 4.78 is 0. The minimum absolute atomic E-state index is 0.0479. The highest BCUT2D eigenvalue weighted by molar-refractivity contribution is 5.81. The average Bonchev–Trinajstić information content (AvgIpc) is 3.66. The molecule has 0 aromatic heterocycles. The lowest BCUT2D eigenvalue weighted by Crippen LogP contribution is -2.80. The molecule has 7 nitrogen and oxygen atoms in total. The van der Waals surface area contributed by atoms with Gasteiger partial charge in [0.25, 0.3) is 0 Å². The maximum atomic E-state index is 13.7. The van der Waals surface area contributed by atoms with Crippen molar-refractivity contribution in [2.24, 2.45) is 67.0 Å². The van der Waals surface area contributed by atoms with Crippen LogP contribution in [0.25, 0.3) is 0 Å². The molecule has 12 atom stereocenters. The Bertz CT molecular complexity index is 1270. The second-order valence-electron chi connectivity index (χ2n) is 22.2. The van der Waals surface area contributed by atoms with Crippen LogP contribution in [0.2, 0.25) is 0 Å². The SMILES string of the molecule is CC1(C)C2CCC1(C)C(O)(N(C(=N)N(C1(O)CC3CCC1(C)C3(C)C)C1(O)CC3CCC1(C)C3(C)C)C1(O)CC3CCC1(C)C3(C)C)C2. The van der Waals surface area contributed by atoms with Gasteiger partial charge in [-0.15, -0.1) is 0 Å². The molecule has 0 spiro atoms. The van der Waals surface area contributed by atoms with E-state index in [9.17, 15) is 25.8 Å². The van der Waals surface area contributed by atoms with Crippen LogP contribution in [0.3, 0.4) is 0 Å². The Morgan fingerprint density at radius 1 is 0.417 bits per heavy atom. The van der Waals surface area contributed by atoms with Crippen LogP contribution in [0.5, 0.6) is 0 Å². The molecule has 8 aliphatic rings. The highest BCUT2D eigenvalue weighted by Crippen LogP contribution is 2.79. The van der Waals surface area contributed by atoms with Crippen molar-refractivity contribution < 1.29 is 20.4 Å². The molecule has 0 aromatic rings. The van der Waals surface area contributed by atoms with E-state index < -0.39 is 44.6 Å². The van der Waals surface area contributed by atoms with Crippen LogP contribution in [0.15, 0.2) is 0 Å². The zero-order valence-corrected chi connectivity index (χ0v) is 32.5.